The van der Waals surface area contributed by atoms with Gasteiger partial charge >= 0.3 is 0 Å². The Balaban J connectivity index is 3.36. The molecule has 4 heteroatoms. The van der Waals surface area contributed by atoms with Crippen LogP contribution in [0.2, 0.25) is 0 Å². The SMILES string of the molecule is CCCC[15NH]C(=O)[C@@H](N)CS. The Labute approximate surface area is 73.1 Å². The predicted molar refractivity (Wildman–Crippen MR) is 49.7 cm³/mol. The zero-order chi connectivity index (χ0) is 8.69. The summed E-state index contributed by atoms with van der Waals surface area (Å²) in [6.07, 6.45) is 2.08. The van der Waals surface area contributed by atoms with Crippen molar-refractivity contribution in [3.8, 4) is 0 Å². The van der Waals surface area contributed by atoms with E-state index in [1.165, 1.54) is 0 Å². The summed E-state index contributed by atoms with van der Waals surface area (Å²) in [5, 5.41) is 2.72. The van der Waals surface area contributed by atoms with Crippen molar-refractivity contribution in [3.63, 3.8) is 0 Å². The van der Waals surface area contributed by atoms with Gasteiger partial charge in [0, 0.05) is 12.3 Å². The number of rotatable bonds is 5. The van der Waals surface area contributed by atoms with Gasteiger partial charge in [0.2, 0.25) is 5.91 Å². The first-order valence-corrected chi connectivity index (χ1v) is 4.49. The molecule has 0 aliphatic carbocycles. The molecule has 0 radical (unpaired) electrons. The van der Waals surface area contributed by atoms with Gasteiger partial charge in [-0.05, 0) is 6.42 Å². The summed E-state index contributed by atoms with van der Waals surface area (Å²) < 4.78 is 0. The molecule has 1 atom stereocenters. The highest BCUT2D eigenvalue weighted by atomic mass is 32.1. The van der Waals surface area contributed by atoms with Crippen LogP contribution < -0.4 is 11.1 Å². The van der Waals surface area contributed by atoms with Crippen molar-refractivity contribution >= 4 is 18.5 Å². The van der Waals surface area contributed by atoms with Crippen molar-refractivity contribution in [2.24, 2.45) is 5.73 Å². The summed E-state index contributed by atoms with van der Waals surface area (Å²) in [5.74, 6) is 0.297. The maximum Gasteiger partial charge on any atom is 0.237 e. The number of amides is 1. The highest BCUT2D eigenvalue weighted by Gasteiger charge is 2.08. The van der Waals surface area contributed by atoms with E-state index in [1.807, 2.05) is 0 Å². The summed E-state index contributed by atoms with van der Waals surface area (Å²) in [6, 6.07) is -0.463. The third-order valence-corrected chi connectivity index (χ3v) is 1.76. The molecule has 66 valence electrons. The van der Waals surface area contributed by atoms with E-state index in [9.17, 15) is 4.79 Å². The van der Waals surface area contributed by atoms with Crippen molar-refractivity contribution in [2.45, 2.75) is 25.8 Å². The van der Waals surface area contributed by atoms with Gasteiger partial charge in [0.05, 0.1) is 6.04 Å². The van der Waals surface area contributed by atoms with E-state index in [4.69, 9.17) is 5.73 Å². The van der Waals surface area contributed by atoms with Crippen LogP contribution in [0.15, 0.2) is 0 Å². The molecule has 0 bridgehead atoms. The van der Waals surface area contributed by atoms with E-state index >= 15 is 0 Å². The van der Waals surface area contributed by atoms with E-state index < -0.39 is 6.04 Å². The fourth-order valence-corrected chi connectivity index (χ4v) is 0.768. The van der Waals surface area contributed by atoms with E-state index in [2.05, 4.69) is 24.9 Å². The average molecular weight is 177 g/mol. The third kappa shape index (κ3) is 5.09. The lowest BCUT2D eigenvalue weighted by Gasteiger charge is -2.08. The maximum atomic E-state index is 11.0. The number of hydrogen-bond acceptors (Lipinski definition) is 3. The number of carbonyl (C=O) groups is 1. The Hall–Kier alpha value is -0.220. The second-order valence-electron chi connectivity index (χ2n) is 2.43. The van der Waals surface area contributed by atoms with Gasteiger partial charge in [0.25, 0.3) is 0 Å². The number of nitrogens with two attached hydrogens (primary N) is 1. The normalized spacial score (nSPS) is 12.6. The molecule has 0 saturated heterocycles. The third-order valence-electron chi connectivity index (χ3n) is 1.36. The molecule has 3 nitrogen and oxygen atoms in total. The van der Waals surface area contributed by atoms with Gasteiger partial charge in [-0.2, -0.15) is 12.6 Å². The lowest BCUT2D eigenvalue weighted by Crippen LogP contribution is -2.42. The summed E-state index contributed by atoms with van der Waals surface area (Å²) in [5.41, 5.74) is 5.41. The maximum absolute atomic E-state index is 11.0. The number of nitrogens with one attached hydrogen (secondary N) is 1. The number of thiol groups is 1. The van der Waals surface area contributed by atoms with Crippen molar-refractivity contribution in [3.05, 3.63) is 0 Å². The Morgan fingerprint density at radius 1 is 1.73 bits per heavy atom. The molecule has 11 heavy (non-hydrogen) atoms. The van der Waals surface area contributed by atoms with E-state index in [1.54, 1.807) is 0 Å². The number of carbonyl (C=O) groups excluding carboxylic acids is 1. The Morgan fingerprint density at radius 3 is 2.82 bits per heavy atom. The van der Waals surface area contributed by atoms with Crippen LogP contribution in [-0.4, -0.2) is 24.2 Å². The monoisotopic (exact) mass is 177 g/mol. The molecule has 0 aromatic rings. The molecule has 0 aliphatic heterocycles. The minimum absolute atomic E-state index is 0.103. The fraction of sp³-hybridized carbons (Fsp3) is 0.857. The first kappa shape index (κ1) is 10.8. The van der Waals surface area contributed by atoms with E-state index in [-0.39, 0.29) is 5.91 Å². The minimum atomic E-state index is -0.463. The van der Waals surface area contributed by atoms with Crippen molar-refractivity contribution < 1.29 is 4.79 Å². The fourth-order valence-electron chi connectivity index (χ4n) is 0.602. The van der Waals surface area contributed by atoms with Gasteiger partial charge in [0.15, 0.2) is 0 Å². The average Bonchev–Trinajstić information content (AvgIpc) is 2.03. The van der Waals surface area contributed by atoms with Crippen molar-refractivity contribution in [1.82, 2.24) is 5.32 Å². The number of hydrogen-bond donors (Lipinski definition) is 3. The highest BCUT2D eigenvalue weighted by molar-refractivity contribution is 7.80. The quantitative estimate of drug-likeness (QED) is 0.318. The van der Waals surface area contributed by atoms with Crippen LogP contribution in [0, 0.1) is 0 Å². The predicted octanol–water partition coefficient (Wildman–Crippen LogP) is 0.160. The van der Waals surface area contributed by atoms with Crippen molar-refractivity contribution in [1.29, 1.82) is 0 Å². The molecule has 0 rings (SSSR count). The molecule has 0 unspecified atom stereocenters. The molecule has 3 N–H and O–H groups in total. The summed E-state index contributed by atoms with van der Waals surface area (Å²) in [7, 11) is 0. The topological polar surface area (TPSA) is 55.1 Å². The van der Waals surface area contributed by atoms with Gasteiger partial charge in [-0.25, -0.2) is 0 Å². The molecule has 1 amide bonds. The summed E-state index contributed by atoms with van der Waals surface area (Å²) in [6.45, 7) is 2.79. The Bertz CT molecular complexity index is 119. The second kappa shape index (κ2) is 6.49. The molecule has 0 saturated carbocycles. The van der Waals surface area contributed by atoms with Crippen LogP contribution in [0.5, 0.6) is 0 Å². The highest BCUT2D eigenvalue weighted by Crippen LogP contribution is 1.86. The number of unbranched alkanes of at least 4 members (excludes halogenated alkanes) is 1. The van der Waals surface area contributed by atoms with Crippen LogP contribution >= 0.6 is 12.6 Å². The minimum Gasteiger partial charge on any atom is -0.355 e. The van der Waals surface area contributed by atoms with Gasteiger partial charge in [-0.1, -0.05) is 13.3 Å². The first-order chi connectivity index (χ1) is 5.22. The smallest absolute Gasteiger partial charge is 0.237 e. The van der Waals surface area contributed by atoms with Gasteiger partial charge in [0.1, 0.15) is 0 Å². The molecule has 0 aliphatic rings. The largest absolute Gasteiger partial charge is 0.355 e. The molecule has 0 spiro atoms. The van der Waals surface area contributed by atoms with Crippen LogP contribution in [-0.2, 0) is 4.79 Å². The summed E-state index contributed by atoms with van der Waals surface area (Å²) >= 11 is 3.91. The van der Waals surface area contributed by atoms with Crippen molar-refractivity contribution in [2.75, 3.05) is 12.3 Å². The van der Waals surface area contributed by atoms with Gasteiger partial charge in [-0.3, -0.25) is 4.79 Å². The molecule has 0 heterocycles. The van der Waals surface area contributed by atoms with Gasteiger partial charge in [-0.15, -0.1) is 0 Å². The standard InChI is InChI=1S/C7H16N2OS/c1-2-3-4-9-7(10)6(8)5-11/h6,11H,2-5,8H2,1H3,(H,9,10)/t6-/m0/s1/i9+1. The molecule has 0 aromatic carbocycles. The molecular formula is C7H16N2OS. The lowest BCUT2D eigenvalue weighted by atomic mass is 10.3. The molecule has 0 aromatic heterocycles. The van der Waals surface area contributed by atoms with Gasteiger partial charge < -0.3 is 11.1 Å². The van der Waals surface area contributed by atoms with E-state index in [0.717, 1.165) is 19.4 Å². The first-order valence-electron chi connectivity index (χ1n) is 3.86. The molecule has 0 fully saturated rings. The Kier molecular flexibility index (Phi) is 6.36. The van der Waals surface area contributed by atoms with Crippen LogP contribution in [0.3, 0.4) is 0 Å². The van der Waals surface area contributed by atoms with Crippen LogP contribution in [0.1, 0.15) is 19.8 Å². The Morgan fingerprint density at radius 2 is 2.36 bits per heavy atom. The zero-order valence-corrected chi connectivity index (χ0v) is 7.73. The summed E-state index contributed by atoms with van der Waals surface area (Å²) in [4.78, 5) is 11.0. The zero-order valence-electron chi connectivity index (χ0n) is 6.84. The lowest BCUT2D eigenvalue weighted by molar-refractivity contribution is -0.121. The second-order valence-corrected chi connectivity index (χ2v) is 2.80. The van der Waals surface area contributed by atoms with Crippen LogP contribution in [0.4, 0.5) is 0 Å². The van der Waals surface area contributed by atoms with Crippen LogP contribution in [0.25, 0.3) is 0 Å². The van der Waals surface area contributed by atoms with E-state index in [0.29, 0.717) is 5.75 Å². The molecular weight excluding hydrogens is 161 g/mol.